The maximum atomic E-state index is 13.8. The molecule has 0 unspecified atom stereocenters. The van der Waals surface area contributed by atoms with Crippen molar-refractivity contribution in [1.29, 1.82) is 0 Å². The Labute approximate surface area is 196 Å². The van der Waals surface area contributed by atoms with E-state index in [0.29, 0.717) is 18.8 Å². The van der Waals surface area contributed by atoms with Gasteiger partial charge in [-0.3, -0.25) is 9.59 Å². The van der Waals surface area contributed by atoms with Gasteiger partial charge in [-0.1, -0.05) is 58.0 Å². The van der Waals surface area contributed by atoms with Crippen molar-refractivity contribution in [3.05, 3.63) is 71.4 Å². The van der Waals surface area contributed by atoms with E-state index in [1.165, 1.54) is 0 Å². The normalized spacial score (nSPS) is 17.9. The number of carbonyl (C=O) groups is 2. The molecule has 0 aromatic heterocycles. The number of nitrogens with zero attached hydrogens (tertiary/aromatic N) is 2. The van der Waals surface area contributed by atoms with E-state index in [2.05, 4.69) is 0 Å². The average Bonchev–Trinajstić information content (AvgIpc) is 2.80. The molecule has 2 aromatic carbocycles. The Balaban J connectivity index is 1.96. The van der Waals surface area contributed by atoms with E-state index < -0.39 is 6.04 Å². The number of ether oxygens (including phenoxy) is 2. The van der Waals surface area contributed by atoms with Crippen LogP contribution in [0.3, 0.4) is 0 Å². The summed E-state index contributed by atoms with van der Waals surface area (Å²) in [7, 11) is 3.24. The standard InChI is InChI=1S/C27H34N2O4/c1-18(2)15-24-26(30)29(17-21-9-13-23(33-6)14-10-21)25(19(3)4)27(31)28(24)16-20-7-11-22(32-5)12-8-20/h7-15,18-19,25H,16-17H2,1-6H3/b24-15-/t25-/m0/s1. The highest BCUT2D eigenvalue weighted by molar-refractivity contribution is 6.04. The van der Waals surface area contributed by atoms with Crippen molar-refractivity contribution < 1.29 is 19.1 Å². The van der Waals surface area contributed by atoms with Gasteiger partial charge >= 0.3 is 0 Å². The molecule has 6 nitrogen and oxygen atoms in total. The largest absolute Gasteiger partial charge is 0.497 e. The van der Waals surface area contributed by atoms with Gasteiger partial charge in [0.2, 0.25) is 0 Å². The quantitative estimate of drug-likeness (QED) is 0.550. The summed E-state index contributed by atoms with van der Waals surface area (Å²) in [5.41, 5.74) is 2.34. The number of rotatable bonds is 8. The maximum Gasteiger partial charge on any atom is 0.271 e. The fourth-order valence-electron chi connectivity index (χ4n) is 4.10. The molecule has 1 atom stereocenters. The molecule has 1 fully saturated rings. The molecule has 2 amide bonds. The molecule has 1 saturated heterocycles. The minimum absolute atomic E-state index is 0.0290. The lowest BCUT2D eigenvalue weighted by Gasteiger charge is -2.43. The molecule has 3 rings (SSSR count). The van der Waals surface area contributed by atoms with E-state index >= 15 is 0 Å². The van der Waals surface area contributed by atoms with Gasteiger partial charge in [0, 0.05) is 6.54 Å². The number of hydrogen-bond donors (Lipinski definition) is 0. The molecule has 6 heteroatoms. The van der Waals surface area contributed by atoms with Crippen LogP contribution in [0, 0.1) is 11.8 Å². The first kappa shape index (κ1) is 24.4. The third kappa shape index (κ3) is 5.56. The molecule has 1 aliphatic heterocycles. The zero-order valence-corrected chi connectivity index (χ0v) is 20.4. The second-order valence-corrected chi connectivity index (χ2v) is 9.04. The van der Waals surface area contributed by atoms with Crippen LogP contribution in [0.2, 0.25) is 0 Å². The molecular weight excluding hydrogens is 416 g/mol. The van der Waals surface area contributed by atoms with Crippen molar-refractivity contribution >= 4 is 11.8 Å². The minimum Gasteiger partial charge on any atom is -0.497 e. The van der Waals surface area contributed by atoms with Crippen LogP contribution in [0.1, 0.15) is 38.8 Å². The lowest BCUT2D eigenvalue weighted by molar-refractivity contribution is -0.154. The lowest BCUT2D eigenvalue weighted by Crippen LogP contribution is -2.59. The Bertz CT molecular complexity index is 994. The predicted molar refractivity (Wildman–Crippen MR) is 129 cm³/mol. The number of methoxy groups -OCH3 is 2. The van der Waals surface area contributed by atoms with E-state index in [4.69, 9.17) is 9.47 Å². The van der Waals surface area contributed by atoms with Gasteiger partial charge in [0.15, 0.2) is 0 Å². The summed E-state index contributed by atoms with van der Waals surface area (Å²) in [4.78, 5) is 30.9. The Kier molecular flexibility index (Phi) is 7.79. The number of carbonyl (C=O) groups excluding carboxylic acids is 2. The van der Waals surface area contributed by atoms with E-state index in [1.807, 2.05) is 82.3 Å². The first-order valence-corrected chi connectivity index (χ1v) is 11.3. The van der Waals surface area contributed by atoms with Gasteiger partial charge in [-0.2, -0.15) is 0 Å². The molecule has 33 heavy (non-hydrogen) atoms. The van der Waals surface area contributed by atoms with Gasteiger partial charge in [-0.25, -0.2) is 0 Å². The van der Waals surface area contributed by atoms with Crippen LogP contribution in [-0.4, -0.2) is 41.9 Å². The molecule has 0 saturated carbocycles. The Hall–Kier alpha value is -3.28. The number of benzene rings is 2. The third-order valence-electron chi connectivity index (χ3n) is 5.76. The highest BCUT2D eigenvalue weighted by atomic mass is 16.5. The van der Waals surface area contributed by atoms with Gasteiger partial charge in [0.25, 0.3) is 11.8 Å². The maximum absolute atomic E-state index is 13.8. The molecule has 176 valence electrons. The van der Waals surface area contributed by atoms with Crippen molar-refractivity contribution in [1.82, 2.24) is 9.80 Å². The van der Waals surface area contributed by atoms with Crippen LogP contribution in [0.15, 0.2) is 60.3 Å². The molecule has 1 heterocycles. The monoisotopic (exact) mass is 450 g/mol. The van der Waals surface area contributed by atoms with Gasteiger partial charge < -0.3 is 19.3 Å². The fraction of sp³-hybridized carbons (Fsp3) is 0.407. The summed E-state index contributed by atoms with van der Waals surface area (Å²) in [5.74, 6) is 1.43. The van der Waals surface area contributed by atoms with E-state index in [1.54, 1.807) is 24.0 Å². The Morgan fingerprint density at radius 2 is 1.30 bits per heavy atom. The number of hydrogen-bond acceptors (Lipinski definition) is 4. The highest BCUT2D eigenvalue weighted by Gasteiger charge is 2.44. The van der Waals surface area contributed by atoms with Crippen LogP contribution in [-0.2, 0) is 22.7 Å². The predicted octanol–water partition coefficient (Wildman–Crippen LogP) is 4.64. The van der Waals surface area contributed by atoms with Crippen LogP contribution in [0.5, 0.6) is 11.5 Å². The third-order valence-corrected chi connectivity index (χ3v) is 5.76. The lowest BCUT2D eigenvalue weighted by atomic mass is 9.95. The van der Waals surface area contributed by atoms with E-state index in [9.17, 15) is 9.59 Å². The zero-order valence-electron chi connectivity index (χ0n) is 20.4. The van der Waals surface area contributed by atoms with Crippen molar-refractivity contribution in [2.75, 3.05) is 14.2 Å². The van der Waals surface area contributed by atoms with Gasteiger partial charge in [0.05, 0.1) is 20.8 Å². The first-order valence-electron chi connectivity index (χ1n) is 11.3. The minimum atomic E-state index is -0.540. The molecule has 0 N–H and O–H groups in total. The van der Waals surface area contributed by atoms with Crippen LogP contribution in [0.25, 0.3) is 0 Å². The molecule has 1 aliphatic rings. The summed E-state index contributed by atoms with van der Waals surface area (Å²) in [6.45, 7) is 8.70. The summed E-state index contributed by atoms with van der Waals surface area (Å²) in [6, 6.07) is 14.7. The summed E-state index contributed by atoms with van der Waals surface area (Å²) < 4.78 is 10.5. The Morgan fingerprint density at radius 3 is 1.73 bits per heavy atom. The van der Waals surface area contributed by atoms with Crippen molar-refractivity contribution in [3.63, 3.8) is 0 Å². The second-order valence-electron chi connectivity index (χ2n) is 9.04. The fourth-order valence-corrected chi connectivity index (χ4v) is 4.10. The van der Waals surface area contributed by atoms with E-state index in [0.717, 1.165) is 22.6 Å². The summed E-state index contributed by atoms with van der Waals surface area (Å²) in [5, 5.41) is 0. The van der Waals surface area contributed by atoms with Gasteiger partial charge in [0.1, 0.15) is 23.2 Å². The van der Waals surface area contributed by atoms with Crippen molar-refractivity contribution in [3.8, 4) is 11.5 Å². The summed E-state index contributed by atoms with van der Waals surface area (Å²) >= 11 is 0. The number of piperazine rings is 1. The van der Waals surface area contributed by atoms with E-state index in [-0.39, 0.29) is 23.7 Å². The van der Waals surface area contributed by atoms with Gasteiger partial charge in [-0.15, -0.1) is 0 Å². The topological polar surface area (TPSA) is 59.1 Å². The molecule has 0 radical (unpaired) electrons. The van der Waals surface area contributed by atoms with Crippen LogP contribution < -0.4 is 9.47 Å². The number of allylic oxidation sites excluding steroid dienone is 1. The van der Waals surface area contributed by atoms with Gasteiger partial charge in [-0.05, 0) is 47.2 Å². The molecule has 0 spiro atoms. The zero-order chi connectivity index (χ0) is 24.1. The van der Waals surface area contributed by atoms with Crippen LogP contribution >= 0.6 is 0 Å². The molecule has 0 bridgehead atoms. The SMILES string of the molecule is COc1ccc(CN2C(=O)[C@H](C(C)C)N(Cc3ccc(OC)cc3)C(=O)/C2=C/C(C)C)cc1. The van der Waals surface area contributed by atoms with Crippen LogP contribution in [0.4, 0.5) is 0 Å². The second kappa shape index (κ2) is 10.6. The number of amides is 2. The van der Waals surface area contributed by atoms with Crippen molar-refractivity contribution in [2.45, 2.75) is 46.8 Å². The highest BCUT2D eigenvalue weighted by Crippen LogP contribution is 2.30. The molecular formula is C27H34N2O4. The average molecular weight is 451 g/mol. The summed E-state index contributed by atoms with van der Waals surface area (Å²) in [6.07, 6.45) is 1.89. The Morgan fingerprint density at radius 1 is 0.818 bits per heavy atom. The molecule has 2 aromatic rings. The molecule has 0 aliphatic carbocycles. The first-order chi connectivity index (χ1) is 15.7. The van der Waals surface area contributed by atoms with Crippen molar-refractivity contribution in [2.24, 2.45) is 11.8 Å². The smallest absolute Gasteiger partial charge is 0.271 e.